The van der Waals surface area contributed by atoms with Crippen molar-refractivity contribution in [3.05, 3.63) is 35.7 Å². The molecule has 0 spiro atoms. The molecule has 2 heteroatoms. The van der Waals surface area contributed by atoms with E-state index in [4.69, 9.17) is 0 Å². The molecule has 0 bridgehead atoms. The van der Waals surface area contributed by atoms with Gasteiger partial charge in [0.15, 0.2) is 6.29 Å². The van der Waals surface area contributed by atoms with Gasteiger partial charge in [-0.1, -0.05) is 25.5 Å². The second-order valence-corrected chi connectivity index (χ2v) is 2.80. The summed E-state index contributed by atoms with van der Waals surface area (Å²) in [6, 6.07) is 5.42. The summed E-state index contributed by atoms with van der Waals surface area (Å²) in [5.41, 5.74) is 1.33. The molecule has 0 unspecified atom stereocenters. The van der Waals surface area contributed by atoms with Crippen molar-refractivity contribution in [2.75, 3.05) is 0 Å². The fraction of sp³-hybridized carbons (Fsp3) is 0.273. The minimum atomic E-state index is 0.485. The molecular formula is C11H13NO. The standard InChI is InChI=1S/C11H13NO/c1-2-3-4-6-10-7-5-8-11(9-13)12-10/h4-9H,2-3H2,1H3/b6-4+. The summed E-state index contributed by atoms with van der Waals surface area (Å²) < 4.78 is 0. The third kappa shape index (κ3) is 3.20. The van der Waals surface area contributed by atoms with Gasteiger partial charge in [0.05, 0.1) is 5.69 Å². The molecule has 0 fully saturated rings. The van der Waals surface area contributed by atoms with Gasteiger partial charge in [-0.05, 0) is 24.6 Å². The van der Waals surface area contributed by atoms with Crippen LogP contribution in [-0.4, -0.2) is 11.3 Å². The summed E-state index contributed by atoms with van der Waals surface area (Å²) in [7, 11) is 0. The molecule has 0 aliphatic heterocycles. The van der Waals surface area contributed by atoms with E-state index >= 15 is 0 Å². The van der Waals surface area contributed by atoms with Crippen LogP contribution in [0.2, 0.25) is 0 Å². The second-order valence-electron chi connectivity index (χ2n) is 2.80. The number of unbranched alkanes of at least 4 members (excludes halogenated alkanes) is 1. The molecule has 0 atom stereocenters. The summed E-state index contributed by atoms with van der Waals surface area (Å²) in [4.78, 5) is 14.5. The number of aldehydes is 1. The Hall–Kier alpha value is -1.44. The normalized spacial score (nSPS) is 10.5. The van der Waals surface area contributed by atoms with Gasteiger partial charge in [0.2, 0.25) is 0 Å². The van der Waals surface area contributed by atoms with Crippen LogP contribution in [0.1, 0.15) is 35.9 Å². The first-order valence-corrected chi connectivity index (χ1v) is 4.45. The van der Waals surface area contributed by atoms with Crippen molar-refractivity contribution in [3.63, 3.8) is 0 Å². The highest BCUT2D eigenvalue weighted by molar-refractivity contribution is 5.72. The zero-order valence-electron chi connectivity index (χ0n) is 7.73. The molecule has 13 heavy (non-hydrogen) atoms. The number of hydrogen-bond acceptors (Lipinski definition) is 2. The molecular weight excluding hydrogens is 162 g/mol. The van der Waals surface area contributed by atoms with Crippen LogP contribution in [0.3, 0.4) is 0 Å². The van der Waals surface area contributed by atoms with Crippen molar-refractivity contribution < 1.29 is 4.79 Å². The van der Waals surface area contributed by atoms with Crippen LogP contribution in [0.5, 0.6) is 0 Å². The Morgan fingerprint density at radius 1 is 1.38 bits per heavy atom. The van der Waals surface area contributed by atoms with Crippen molar-refractivity contribution >= 4 is 12.4 Å². The number of aromatic nitrogens is 1. The molecule has 68 valence electrons. The van der Waals surface area contributed by atoms with Crippen LogP contribution in [0, 0.1) is 0 Å². The molecule has 0 amide bonds. The third-order valence-electron chi connectivity index (χ3n) is 1.66. The van der Waals surface area contributed by atoms with Gasteiger partial charge >= 0.3 is 0 Å². The van der Waals surface area contributed by atoms with E-state index in [0.29, 0.717) is 5.69 Å². The Kier molecular flexibility index (Phi) is 3.89. The largest absolute Gasteiger partial charge is 0.296 e. The lowest BCUT2D eigenvalue weighted by atomic mass is 10.2. The highest BCUT2D eigenvalue weighted by Gasteiger charge is 1.91. The lowest BCUT2D eigenvalue weighted by Crippen LogP contribution is -1.87. The van der Waals surface area contributed by atoms with Crippen LogP contribution in [0.4, 0.5) is 0 Å². The average Bonchev–Trinajstić information content (AvgIpc) is 2.19. The van der Waals surface area contributed by atoms with Gasteiger partial charge in [-0.3, -0.25) is 4.79 Å². The van der Waals surface area contributed by atoms with E-state index in [9.17, 15) is 4.79 Å². The molecule has 0 aromatic carbocycles. The van der Waals surface area contributed by atoms with Crippen LogP contribution in [0.15, 0.2) is 24.3 Å². The maximum atomic E-state index is 10.4. The van der Waals surface area contributed by atoms with Crippen LogP contribution in [-0.2, 0) is 0 Å². The maximum Gasteiger partial charge on any atom is 0.168 e. The Labute approximate surface area is 78.3 Å². The highest BCUT2D eigenvalue weighted by Crippen LogP contribution is 2.01. The predicted molar refractivity (Wildman–Crippen MR) is 53.6 cm³/mol. The Morgan fingerprint density at radius 3 is 2.85 bits per heavy atom. The number of pyridine rings is 1. The fourth-order valence-corrected chi connectivity index (χ4v) is 0.998. The topological polar surface area (TPSA) is 30.0 Å². The smallest absolute Gasteiger partial charge is 0.168 e. The van der Waals surface area contributed by atoms with Crippen molar-refractivity contribution in [1.82, 2.24) is 4.98 Å². The van der Waals surface area contributed by atoms with Gasteiger partial charge < -0.3 is 0 Å². The Balaban J connectivity index is 2.71. The molecule has 0 radical (unpaired) electrons. The minimum Gasteiger partial charge on any atom is -0.296 e. The second kappa shape index (κ2) is 5.25. The van der Waals surface area contributed by atoms with Crippen molar-refractivity contribution in [1.29, 1.82) is 0 Å². The van der Waals surface area contributed by atoms with E-state index in [0.717, 1.165) is 24.8 Å². The van der Waals surface area contributed by atoms with Crippen molar-refractivity contribution in [2.24, 2.45) is 0 Å². The fourth-order valence-electron chi connectivity index (χ4n) is 0.998. The van der Waals surface area contributed by atoms with Crippen molar-refractivity contribution in [3.8, 4) is 0 Å². The molecule has 0 N–H and O–H groups in total. The monoisotopic (exact) mass is 175 g/mol. The summed E-state index contributed by atoms with van der Waals surface area (Å²) in [5.74, 6) is 0. The first-order valence-electron chi connectivity index (χ1n) is 4.45. The van der Waals surface area contributed by atoms with Gasteiger partial charge in [0.25, 0.3) is 0 Å². The van der Waals surface area contributed by atoms with Crippen LogP contribution < -0.4 is 0 Å². The lowest BCUT2D eigenvalue weighted by Gasteiger charge is -1.93. The first kappa shape index (κ1) is 9.65. The summed E-state index contributed by atoms with van der Waals surface area (Å²) in [6.07, 6.45) is 6.95. The molecule has 0 saturated carbocycles. The number of carbonyl (C=O) groups is 1. The molecule has 0 aliphatic carbocycles. The van der Waals surface area contributed by atoms with Gasteiger partial charge in [-0.25, -0.2) is 4.98 Å². The van der Waals surface area contributed by atoms with E-state index < -0.39 is 0 Å². The van der Waals surface area contributed by atoms with Gasteiger partial charge in [-0.2, -0.15) is 0 Å². The highest BCUT2D eigenvalue weighted by atomic mass is 16.1. The van der Waals surface area contributed by atoms with Crippen LogP contribution in [0.25, 0.3) is 6.08 Å². The van der Waals surface area contributed by atoms with Gasteiger partial charge in [-0.15, -0.1) is 0 Å². The summed E-state index contributed by atoms with van der Waals surface area (Å²) in [5, 5.41) is 0. The predicted octanol–water partition coefficient (Wildman–Crippen LogP) is 2.71. The average molecular weight is 175 g/mol. The Bertz CT molecular complexity index is 305. The number of hydrogen-bond donors (Lipinski definition) is 0. The maximum absolute atomic E-state index is 10.4. The molecule has 2 nitrogen and oxygen atoms in total. The van der Waals surface area contributed by atoms with Crippen LogP contribution >= 0.6 is 0 Å². The van der Waals surface area contributed by atoms with Gasteiger partial charge in [0, 0.05) is 0 Å². The van der Waals surface area contributed by atoms with E-state index in [1.807, 2.05) is 18.2 Å². The number of nitrogens with zero attached hydrogens (tertiary/aromatic N) is 1. The molecule has 1 aromatic rings. The van der Waals surface area contributed by atoms with E-state index in [1.54, 1.807) is 6.07 Å². The molecule has 1 rings (SSSR count). The van der Waals surface area contributed by atoms with E-state index in [2.05, 4.69) is 18.0 Å². The molecule has 0 saturated heterocycles. The Morgan fingerprint density at radius 2 is 2.15 bits per heavy atom. The van der Waals surface area contributed by atoms with E-state index in [-0.39, 0.29) is 0 Å². The van der Waals surface area contributed by atoms with E-state index in [1.165, 1.54) is 0 Å². The summed E-state index contributed by atoms with van der Waals surface area (Å²) in [6.45, 7) is 2.12. The van der Waals surface area contributed by atoms with Gasteiger partial charge in [0.1, 0.15) is 5.69 Å². The SMILES string of the molecule is CCC/C=C/c1cccc(C=O)n1. The quantitative estimate of drug-likeness (QED) is 0.658. The number of rotatable bonds is 4. The third-order valence-corrected chi connectivity index (χ3v) is 1.66. The molecule has 1 heterocycles. The summed E-state index contributed by atoms with van der Waals surface area (Å²) >= 11 is 0. The van der Waals surface area contributed by atoms with Crippen molar-refractivity contribution in [2.45, 2.75) is 19.8 Å². The zero-order chi connectivity index (χ0) is 9.52. The minimum absolute atomic E-state index is 0.485. The lowest BCUT2D eigenvalue weighted by molar-refractivity contribution is 0.111. The number of carbonyl (C=O) groups excluding carboxylic acids is 1. The number of allylic oxidation sites excluding steroid dienone is 1. The zero-order valence-corrected chi connectivity index (χ0v) is 7.73. The molecule has 1 aromatic heterocycles. The molecule has 0 aliphatic rings. The first-order chi connectivity index (χ1) is 6.36.